The van der Waals surface area contributed by atoms with Crippen LogP contribution in [-0.2, 0) is 11.2 Å². The van der Waals surface area contributed by atoms with E-state index in [-0.39, 0.29) is 33.5 Å². The molecule has 1 aromatic carbocycles. The van der Waals surface area contributed by atoms with Crippen LogP contribution in [-0.4, -0.2) is 61.4 Å². The number of aromatic amines is 1. The summed E-state index contributed by atoms with van der Waals surface area (Å²) in [6, 6.07) is 4.47. The van der Waals surface area contributed by atoms with Gasteiger partial charge >= 0.3 is 0 Å². The zero-order valence-corrected chi connectivity index (χ0v) is 19.5. The van der Waals surface area contributed by atoms with E-state index in [1.807, 2.05) is 17.1 Å². The number of fused-ring (bicyclic) bond motifs is 2. The van der Waals surface area contributed by atoms with Crippen molar-refractivity contribution in [1.82, 2.24) is 20.0 Å². The molecule has 1 N–H and O–H groups in total. The van der Waals surface area contributed by atoms with Gasteiger partial charge < -0.3 is 9.80 Å². The third-order valence-corrected chi connectivity index (χ3v) is 7.28. The van der Waals surface area contributed by atoms with Crippen LogP contribution >= 0.6 is 22.6 Å². The maximum absolute atomic E-state index is 14.6. The van der Waals surface area contributed by atoms with E-state index in [0.29, 0.717) is 29.4 Å². The van der Waals surface area contributed by atoms with Crippen molar-refractivity contribution >= 4 is 46.6 Å². The summed E-state index contributed by atoms with van der Waals surface area (Å²) in [4.78, 5) is 40.9. The highest BCUT2D eigenvalue weighted by atomic mass is 127. The first-order chi connectivity index (χ1) is 15.4. The second-order valence-corrected chi connectivity index (χ2v) is 10.1. The number of alkyl halides is 1. The predicted octanol–water partition coefficient (Wildman–Crippen LogP) is 0.715. The number of aromatic nitrogens is 2. The Morgan fingerprint density at radius 3 is 2.97 bits per heavy atom. The molecule has 0 spiro atoms. The fraction of sp³-hybridized carbons (Fsp3) is 0.391. The van der Waals surface area contributed by atoms with Crippen LogP contribution in [0.1, 0.15) is 40.9 Å². The van der Waals surface area contributed by atoms with E-state index in [0.717, 1.165) is 31.0 Å². The van der Waals surface area contributed by atoms with Gasteiger partial charge in [-0.2, -0.15) is 5.10 Å². The third kappa shape index (κ3) is 3.87. The Bertz CT molecular complexity index is 1290. The number of nitrogens with zero attached hydrogens (tertiary/aromatic N) is 3. The molecule has 166 valence electrons. The van der Waals surface area contributed by atoms with Crippen molar-refractivity contribution in [2.24, 2.45) is 0 Å². The van der Waals surface area contributed by atoms with Gasteiger partial charge in [0.2, 0.25) is 5.91 Å². The monoisotopic (exact) mass is 548 g/mol. The Hall–Kier alpha value is -2.56. The number of rotatable bonds is 3. The summed E-state index contributed by atoms with van der Waals surface area (Å²) in [6.45, 7) is 1.15. The van der Waals surface area contributed by atoms with E-state index in [1.165, 1.54) is 17.0 Å². The minimum Gasteiger partial charge on any atom is -0.336 e. The summed E-state index contributed by atoms with van der Waals surface area (Å²) in [6.07, 6.45) is 6.87. The lowest BCUT2D eigenvalue weighted by atomic mass is 10.0. The van der Waals surface area contributed by atoms with E-state index in [9.17, 15) is 18.8 Å². The zero-order chi connectivity index (χ0) is 22.4. The van der Waals surface area contributed by atoms with E-state index in [2.05, 4.69) is 32.8 Å². The van der Waals surface area contributed by atoms with Crippen LogP contribution in [0.4, 0.5) is 4.39 Å². The van der Waals surface area contributed by atoms with Gasteiger partial charge in [-0.25, -0.2) is 9.49 Å². The summed E-state index contributed by atoms with van der Waals surface area (Å²) in [7, 11) is 0. The molecule has 1 aromatic heterocycles. The maximum Gasteiger partial charge on any atom is 0.271 e. The molecule has 2 saturated heterocycles. The van der Waals surface area contributed by atoms with E-state index < -0.39 is 11.7 Å². The SMILES string of the molecule is O=C(c1cc(Cc2n[nH]c(=O)c3c2=CC(I)CC=3)ccc1F)N1CC(=O)N2CCC[C@@H]2C1. The fourth-order valence-electron chi connectivity index (χ4n) is 4.81. The molecule has 5 rings (SSSR count). The molecule has 1 unspecified atom stereocenters. The molecule has 3 aliphatic rings. The molecule has 2 fully saturated rings. The van der Waals surface area contributed by atoms with Gasteiger partial charge in [-0.05, 0) is 37.0 Å². The lowest BCUT2D eigenvalue weighted by molar-refractivity contribution is -0.136. The number of amides is 2. The van der Waals surface area contributed by atoms with E-state index in [4.69, 9.17) is 0 Å². The van der Waals surface area contributed by atoms with Gasteiger partial charge in [-0.1, -0.05) is 40.8 Å². The van der Waals surface area contributed by atoms with Crippen molar-refractivity contribution in [2.45, 2.75) is 35.6 Å². The summed E-state index contributed by atoms with van der Waals surface area (Å²) in [5.41, 5.74) is 1.12. The van der Waals surface area contributed by atoms with Gasteiger partial charge in [0.1, 0.15) is 12.4 Å². The second kappa shape index (κ2) is 8.42. The number of piperazine rings is 1. The Kier molecular flexibility index (Phi) is 5.60. The molecule has 0 saturated carbocycles. The van der Waals surface area contributed by atoms with Gasteiger partial charge in [-0.3, -0.25) is 14.4 Å². The average molecular weight is 548 g/mol. The first-order valence-electron chi connectivity index (χ1n) is 10.7. The topological polar surface area (TPSA) is 86.4 Å². The third-order valence-electron chi connectivity index (χ3n) is 6.41. The summed E-state index contributed by atoms with van der Waals surface area (Å²) >= 11 is 2.31. The summed E-state index contributed by atoms with van der Waals surface area (Å²) in [5, 5.41) is 8.16. The highest BCUT2D eigenvalue weighted by Gasteiger charge is 2.38. The molecule has 2 aromatic rings. The summed E-state index contributed by atoms with van der Waals surface area (Å²) in [5.74, 6) is -1.15. The maximum atomic E-state index is 14.6. The number of halogens is 2. The normalized spacial score (nSPS) is 22.1. The standard InChI is InChI=1S/C23H22FIN4O3/c24-19-6-3-13(9-20-17-10-14(25)4-5-16(17)22(31)27-26-20)8-18(19)23(32)28-11-15-2-1-7-29(15)21(30)12-28/h3,5-6,8,10,14-15H,1-2,4,7,9,11-12H2,(H,27,31)/t14?,15-/m1/s1. The average Bonchev–Trinajstić information content (AvgIpc) is 3.26. The van der Waals surface area contributed by atoms with Crippen LogP contribution in [0.3, 0.4) is 0 Å². The van der Waals surface area contributed by atoms with E-state index >= 15 is 0 Å². The van der Waals surface area contributed by atoms with Crippen molar-refractivity contribution in [3.8, 4) is 0 Å². The van der Waals surface area contributed by atoms with Crippen LogP contribution in [0, 0.1) is 5.82 Å². The molecular weight excluding hydrogens is 526 g/mol. The highest BCUT2D eigenvalue weighted by Crippen LogP contribution is 2.24. The van der Waals surface area contributed by atoms with Crippen molar-refractivity contribution in [1.29, 1.82) is 0 Å². The number of carbonyl (C=O) groups is 2. The van der Waals surface area contributed by atoms with Crippen molar-refractivity contribution in [3.05, 3.63) is 61.6 Å². The van der Waals surface area contributed by atoms with Crippen LogP contribution in [0.5, 0.6) is 0 Å². The van der Waals surface area contributed by atoms with Gasteiger partial charge in [0.05, 0.1) is 11.3 Å². The molecule has 1 aliphatic carbocycles. The van der Waals surface area contributed by atoms with Gasteiger partial charge in [0, 0.05) is 39.9 Å². The summed E-state index contributed by atoms with van der Waals surface area (Å²) < 4.78 is 14.9. The van der Waals surface area contributed by atoms with Gasteiger partial charge in [0.15, 0.2) is 0 Å². The van der Waals surface area contributed by atoms with Crippen LogP contribution in [0.2, 0.25) is 0 Å². The number of benzene rings is 1. The molecular formula is C23H22FIN4O3. The molecule has 2 atom stereocenters. The van der Waals surface area contributed by atoms with Crippen LogP contribution in [0.15, 0.2) is 23.0 Å². The largest absolute Gasteiger partial charge is 0.336 e. The smallest absolute Gasteiger partial charge is 0.271 e. The van der Waals surface area contributed by atoms with E-state index in [1.54, 1.807) is 6.07 Å². The van der Waals surface area contributed by atoms with Crippen molar-refractivity contribution in [3.63, 3.8) is 0 Å². The Labute approximate surface area is 197 Å². The fourth-order valence-corrected chi connectivity index (χ4v) is 5.42. The lowest BCUT2D eigenvalue weighted by Gasteiger charge is -2.37. The first kappa shape index (κ1) is 21.3. The number of H-pyrrole nitrogens is 1. The second-order valence-electron chi connectivity index (χ2n) is 8.51. The van der Waals surface area contributed by atoms with Gasteiger partial charge in [0.25, 0.3) is 11.5 Å². The zero-order valence-electron chi connectivity index (χ0n) is 17.3. The van der Waals surface area contributed by atoms with Crippen molar-refractivity contribution in [2.75, 3.05) is 19.6 Å². The minimum atomic E-state index is -0.608. The molecule has 0 bridgehead atoms. The molecule has 2 aliphatic heterocycles. The quantitative estimate of drug-likeness (QED) is 0.453. The Morgan fingerprint density at radius 1 is 1.28 bits per heavy atom. The van der Waals surface area contributed by atoms with Crippen LogP contribution in [0.25, 0.3) is 12.2 Å². The minimum absolute atomic E-state index is 0.0180. The number of hydrogen-bond acceptors (Lipinski definition) is 4. The molecule has 9 heteroatoms. The Balaban J connectivity index is 1.44. The Morgan fingerprint density at radius 2 is 2.12 bits per heavy atom. The number of nitrogens with one attached hydrogen (secondary N) is 1. The highest BCUT2D eigenvalue weighted by molar-refractivity contribution is 14.1. The first-order valence-corrected chi connectivity index (χ1v) is 12.0. The molecule has 32 heavy (non-hydrogen) atoms. The van der Waals surface area contributed by atoms with Gasteiger partial charge in [-0.15, -0.1) is 0 Å². The molecule has 0 radical (unpaired) electrons. The number of carbonyl (C=O) groups excluding carboxylic acids is 2. The number of hydrogen-bond donors (Lipinski definition) is 1. The van der Waals surface area contributed by atoms with Crippen LogP contribution < -0.4 is 16.0 Å². The molecule has 7 nitrogen and oxygen atoms in total. The van der Waals surface area contributed by atoms with Crippen molar-refractivity contribution < 1.29 is 14.0 Å². The predicted molar refractivity (Wildman–Crippen MR) is 125 cm³/mol. The molecule has 3 heterocycles. The lowest BCUT2D eigenvalue weighted by Crippen LogP contribution is -2.55. The molecule has 2 amide bonds.